The van der Waals surface area contributed by atoms with Crippen molar-refractivity contribution in [1.82, 2.24) is 19.6 Å². The van der Waals surface area contributed by atoms with E-state index >= 15 is 0 Å². The zero-order valence-corrected chi connectivity index (χ0v) is 18.9. The Morgan fingerprint density at radius 2 is 1.59 bits per heavy atom. The van der Waals surface area contributed by atoms with E-state index in [1.54, 1.807) is 18.0 Å². The van der Waals surface area contributed by atoms with Crippen LogP contribution in [0.2, 0.25) is 0 Å². The van der Waals surface area contributed by atoms with Crippen molar-refractivity contribution in [2.24, 2.45) is 0 Å². The first kappa shape index (κ1) is 23.0. The molecule has 0 saturated carbocycles. The summed E-state index contributed by atoms with van der Waals surface area (Å²) < 4.78 is 1.88. The molecule has 6 heteroatoms. The van der Waals surface area contributed by atoms with E-state index in [0.717, 1.165) is 22.4 Å². The highest BCUT2D eigenvalue weighted by Gasteiger charge is 2.15. The normalized spacial score (nSPS) is 11.0. The first-order chi connectivity index (χ1) is 15.5. The zero-order chi connectivity index (χ0) is 22.9. The summed E-state index contributed by atoms with van der Waals surface area (Å²) in [6.07, 6.45) is 5.23. The molecule has 2 amide bonds. The molecule has 0 aliphatic heterocycles. The van der Waals surface area contributed by atoms with Gasteiger partial charge in [-0.3, -0.25) is 14.3 Å². The minimum Gasteiger partial charge on any atom is -0.342 e. The van der Waals surface area contributed by atoms with Crippen LogP contribution in [0.4, 0.5) is 0 Å². The average Bonchev–Trinajstić information content (AvgIpc) is 3.22. The highest BCUT2D eigenvalue weighted by atomic mass is 16.2. The second-order valence-electron chi connectivity index (χ2n) is 7.58. The molecule has 32 heavy (non-hydrogen) atoms. The molecule has 6 nitrogen and oxygen atoms in total. The molecule has 0 aliphatic rings. The Labute approximate surface area is 189 Å². The van der Waals surface area contributed by atoms with Crippen LogP contribution >= 0.6 is 0 Å². The Hall–Kier alpha value is -3.67. The molecule has 0 N–H and O–H groups in total. The molecule has 0 spiro atoms. The van der Waals surface area contributed by atoms with Crippen LogP contribution < -0.4 is 0 Å². The third-order valence-corrected chi connectivity index (χ3v) is 5.29. The molecule has 0 saturated heterocycles. The molecule has 0 unspecified atom stereocenters. The number of hydrogen-bond acceptors (Lipinski definition) is 3. The summed E-state index contributed by atoms with van der Waals surface area (Å²) in [5.41, 5.74) is 3.80. The van der Waals surface area contributed by atoms with E-state index in [9.17, 15) is 9.59 Å². The van der Waals surface area contributed by atoms with Gasteiger partial charge in [0.05, 0.1) is 18.8 Å². The van der Waals surface area contributed by atoms with Crippen LogP contribution in [0.1, 0.15) is 25.0 Å². The van der Waals surface area contributed by atoms with E-state index in [-0.39, 0.29) is 18.4 Å². The summed E-state index contributed by atoms with van der Waals surface area (Å²) in [5.74, 6) is -0.278. The number of benzene rings is 2. The SMILES string of the molecule is CCN(CC)C(=O)CN(C)C(=O)C=Cc1cn(Cc2ccccc2)nc1-c1ccccc1. The summed E-state index contributed by atoms with van der Waals surface area (Å²) in [4.78, 5) is 28.1. The number of hydrogen-bond donors (Lipinski definition) is 0. The Morgan fingerprint density at radius 3 is 2.22 bits per heavy atom. The molecular formula is C26H30N4O2. The van der Waals surface area contributed by atoms with Crippen molar-refractivity contribution in [3.63, 3.8) is 0 Å². The number of carbonyl (C=O) groups is 2. The largest absolute Gasteiger partial charge is 0.342 e. The highest BCUT2D eigenvalue weighted by Crippen LogP contribution is 2.23. The Kier molecular flexibility index (Phi) is 7.97. The van der Waals surface area contributed by atoms with E-state index in [4.69, 9.17) is 5.10 Å². The van der Waals surface area contributed by atoms with Crippen molar-refractivity contribution in [1.29, 1.82) is 0 Å². The van der Waals surface area contributed by atoms with Gasteiger partial charge >= 0.3 is 0 Å². The fourth-order valence-electron chi connectivity index (χ4n) is 3.48. The van der Waals surface area contributed by atoms with Gasteiger partial charge in [0.2, 0.25) is 11.8 Å². The van der Waals surface area contributed by atoms with Gasteiger partial charge in [-0.05, 0) is 25.5 Å². The number of nitrogens with zero attached hydrogens (tertiary/aromatic N) is 4. The van der Waals surface area contributed by atoms with Gasteiger partial charge in [-0.25, -0.2) is 0 Å². The average molecular weight is 431 g/mol. The van der Waals surface area contributed by atoms with Crippen molar-refractivity contribution in [2.75, 3.05) is 26.7 Å². The molecular weight excluding hydrogens is 400 g/mol. The first-order valence-corrected chi connectivity index (χ1v) is 10.9. The topological polar surface area (TPSA) is 58.4 Å². The van der Waals surface area contributed by atoms with Crippen LogP contribution in [0.15, 0.2) is 72.9 Å². The van der Waals surface area contributed by atoms with E-state index in [0.29, 0.717) is 19.6 Å². The monoisotopic (exact) mass is 430 g/mol. The molecule has 0 bridgehead atoms. The quantitative estimate of drug-likeness (QED) is 0.483. The van der Waals surface area contributed by atoms with E-state index in [1.807, 2.05) is 73.3 Å². The molecule has 0 atom stereocenters. The van der Waals surface area contributed by atoms with Gasteiger partial charge in [-0.1, -0.05) is 60.7 Å². The summed E-state index contributed by atoms with van der Waals surface area (Å²) in [6.45, 7) is 5.83. The van der Waals surface area contributed by atoms with Gasteiger partial charge < -0.3 is 9.80 Å². The smallest absolute Gasteiger partial charge is 0.246 e. The second-order valence-corrected chi connectivity index (χ2v) is 7.58. The maximum absolute atomic E-state index is 12.6. The molecule has 1 aromatic heterocycles. The Bertz CT molecular complexity index is 1050. The summed E-state index contributed by atoms with van der Waals surface area (Å²) >= 11 is 0. The number of likely N-dealkylation sites (N-methyl/N-ethyl adjacent to an activating group) is 2. The molecule has 166 valence electrons. The number of carbonyl (C=O) groups excluding carboxylic acids is 2. The van der Waals surface area contributed by atoms with Crippen molar-refractivity contribution in [3.8, 4) is 11.3 Å². The predicted octanol–water partition coefficient (Wildman–Crippen LogP) is 3.94. The van der Waals surface area contributed by atoms with Gasteiger partial charge in [-0.15, -0.1) is 0 Å². The fourth-order valence-corrected chi connectivity index (χ4v) is 3.48. The number of amides is 2. The fraction of sp³-hybridized carbons (Fsp3) is 0.269. The number of rotatable bonds is 9. The van der Waals surface area contributed by atoms with Crippen molar-refractivity contribution < 1.29 is 9.59 Å². The lowest BCUT2D eigenvalue weighted by atomic mass is 10.1. The van der Waals surface area contributed by atoms with Gasteiger partial charge in [0.25, 0.3) is 0 Å². The standard InChI is InChI=1S/C26H30N4O2/c1-4-29(5-2)25(32)20-28(3)24(31)17-16-23-19-30(18-21-12-8-6-9-13-21)27-26(23)22-14-10-7-11-15-22/h6-17,19H,4-5,18,20H2,1-3H3. The van der Waals surface area contributed by atoms with Crippen molar-refractivity contribution in [3.05, 3.63) is 84.1 Å². The van der Waals surface area contributed by atoms with Crippen LogP contribution in [-0.4, -0.2) is 58.1 Å². The third-order valence-electron chi connectivity index (χ3n) is 5.29. The van der Waals surface area contributed by atoms with Gasteiger partial charge in [-0.2, -0.15) is 5.10 Å². The Balaban J connectivity index is 1.80. The lowest BCUT2D eigenvalue weighted by molar-refractivity contribution is -0.136. The lowest BCUT2D eigenvalue weighted by Crippen LogP contribution is -2.40. The Morgan fingerprint density at radius 1 is 0.969 bits per heavy atom. The van der Waals surface area contributed by atoms with Crippen molar-refractivity contribution in [2.45, 2.75) is 20.4 Å². The van der Waals surface area contributed by atoms with Crippen LogP contribution in [0.25, 0.3) is 17.3 Å². The van der Waals surface area contributed by atoms with Gasteiger partial charge in [0.1, 0.15) is 0 Å². The third kappa shape index (κ3) is 5.94. The summed E-state index contributed by atoms with van der Waals surface area (Å²) in [5, 5.41) is 4.77. The second kappa shape index (κ2) is 11.1. The molecule has 0 aliphatic carbocycles. The van der Waals surface area contributed by atoms with Crippen LogP contribution in [0.5, 0.6) is 0 Å². The van der Waals surface area contributed by atoms with E-state index in [2.05, 4.69) is 12.1 Å². The zero-order valence-electron chi connectivity index (χ0n) is 18.9. The lowest BCUT2D eigenvalue weighted by Gasteiger charge is -2.22. The molecule has 1 heterocycles. The van der Waals surface area contributed by atoms with Crippen LogP contribution in [0, 0.1) is 0 Å². The highest BCUT2D eigenvalue weighted by molar-refractivity contribution is 5.95. The van der Waals surface area contributed by atoms with Crippen LogP contribution in [-0.2, 0) is 16.1 Å². The molecule has 0 fully saturated rings. The maximum Gasteiger partial charge on any atom is 0.246 e. The summed E-state index contributed by atoms with van der Waals surface area (Å²) in [7, 11) is 1.64. The minimum atomic E-state index is -0.222. The summed E-state index contributed by atoms with van der Waals surface area (Å²) in [6, 6.07) is 20.0. The predicted molar refractivity (Wildman–Crippen MR) is 128 cm³/mol. The number of aromatic nitrogens is 2. The van der Waals surface area contributed by atoms with Gasteiger partial charge in [0, 0.05) is 43.5 Å². The first-order valence-electron chi connectivity index (χ1n) is 10.9. The van der Waals surface area contributed by atoms with Gasteiger partial charge in [0.15, 0.2) is 0 Å². The van der Waals surface area contributed by atoms with Crippen molar-refractivity contribution >= 4 is 17.9 Å². The minimum absolute atomic E-state index is 0.0556. The molecule has 3 aromatic rings. The maximum atomic E-state index is 12.6. The van der Waals surface area contributed by atoms with Crippen LogP contribution in [0.3, 0.4) is 0 Å². The molecule has 0 radical (unpaired) electrons. The van der Waals surface area contributed by atoms with E-state index < -0.39 is 0 Å². The molecule has 2 aromatic carbocycles. The van der Waals surface area contributed by atoms with E-state index in [1.165, 1.54) is 11.0 Å². The molecule has 3 rings (SSSR count).